The largest absolute Gasteiger partial charge is 0.478 e. The third-order valence-corrected chi connectivity index (χ3v) is 2.61. The molecular formula is C16H15NO4. The number of carbonyl (C=O) groups is 2. The summed E-state index contributed by atoms with van der Waals surface area (Å²) in [5, 5.41) is 17.8. The highest BCUT2D eigenvalue weighted by atomic mass is 16.5. The summed E-state index contributed by atoms with van der Waals surface area (Å²) >= 11 is 0. The number of rotatable bonds is 6. The molecule has 0 radical (unpaired) electrons. The van der Waals surface area contributed by atoms with Crippen LogP contribution in [0.4, 0.5) is 0 Å². The maximum Gasteiger partial charge on any atom is 0.333 e. The first-order chi connectivity index (χ1) is 9.93. The van der Waals surface area contributed by atoms with E-state index in [1.54, 1.807) is 24.3 Å². The predicted octanol–water partition coefficient (Wildman–Crippen LogP) is 2.54. The van der Waals surface area contributed by atoms with E-state index in [0.29, 0.717) is 11.1 Å². The summed E-state index contributed by atoms with van der Waals surface area (Å²) in [4.78, 5) is 22.4. The first-order valence-corrected chi connectivity index (χ1v) is 6.20. The van der Waals surface area contributed by atoms with Crippen molar-refractivity contribution in [3.8, 4) is 6.07 Å². The number of ether oxygens (including phenoxy) is 1. The second-order valence-electron chi connectivity index (χ2n) is 4.37. The van der Waals surface area contributed by atoms with Gasteiger partial charge in [-0.3, -0.25) is 0 Å². The molecule has 1 aromatic carbocycles. The maximum absolute atomic E-state index is 11.2. The van der Waals surface area contributed by atoms with Gasteiger partial charge < -0.3 is 9.84 Å². The molecule has 0 saturated heterocycles. The number of carboxylic acid groups (broad SMARTS) is 1. The SMILES string of the molecule is C=C(C)C(=O)OCCC(=Cc1ccc(C#N)cc1)C(=O)O. The second kappa shape index (κ2) is 7.65. The molecule has 0 amide bonds. The van der Waals surface area contributed by atoms with Crippen molar-refractivity contribution in [1.82, 2.24) is 0 Å². The van der Waals surface area contributed by atoms with Crippen molar-refractivity contribution in [2.45, 2.75) is 13.3 Å². The summed E-state index contributed by atoms with van der Waals surface area (Å²) in [6.07, 6.45) is 1.58. The lowest BCUT2D eigenvalue weighted by atomic mass is 10.1. The van der Waals surface area contributed by atoms with E-state index in [1.807, 2.05) is 6.07 Å². The summed E-state index contributed by atoms with van der Waals surface area (Å²) in [6, 6.07) is 8.50. The standard InChI is InChI=1S/C16H15NO4/c1-11(2)16(20)21-8-7-14(15(18)19)9-12-3-5-13(10-17)6-4-12/h3-6,9H,1,7-8H2,2H3,(H,18,19). The van der Waals surface area contributed by atoms with Gasteiger partial charge in [0.2, 0.25) is 0 Å². The molecular weight excluding hydrogens is 270 g/mol. The molecule has 108 valence electrons. The third kappa shape index (κ3) is 5.33. The minimum atomic E-state index is -1.08. The van der Waals surface area contributed by atoms with Crippen LogP contribution in [-0.4, -0.2) is 23.7 Å². The van der Waals surface area contributed by atoms with Gasteiger partial charge in [0.1, 0.15) is 0 Å². The Hall–Kier alpha value is -2.87. The minimum absolute atomic E-state index is 0.0277. The molecule has 0 fully saturated rings. The Balaban J connectivity index is 2.74. The zero-order valence-electron chi connectivity index (χ0n) is 11.6. The third-order valence-electron chi connectivity index (χ3n) is 2.61. The highest BCUT2D eigenvalue weighted by molar-refractivity contribution is 5.92. The summed E-state index contributed by atoms with van der Waals surface area (Å²) < 4.78 is 4.87. The number of nitrogens with zero attached hydrogens (tertiary/aromatic N) is 1. The van der Waals surface area contributed by atoms with Crippen LogP contribution in [0.2, 0.25) is 0 Å². The topological polar surface area (TPSA) is 87.4 Å². The Morgan fingerprint density at radius 2 is 2.00 bits per heavy atom. The van der Waals surface area contributed by atoms with Crippen molar-refractivity contribution in [1.29, 1.82) is 5.26 Å². The number of esters is 1. The van der Waals surface area contributed by atoms with Crippen molar-refractivity contribution < 1.29 is 19.4 Å². The first-order valence-electron chi connectivity index (χ1n) is 6.20. The number of hydrogen-bond acceptors (Lipinski definition) is 4. The van der Waals surface area contributed by atoms with Gasteiger partial charge in [-0.2, -0.15) is 5.26 Å². The van der Waals surface area contributed by atoms with E-state index in [4.69, 9.17) is 15.1 Å². The Morgan fingerprint density at radius 3 is 2.48 bits per heavy atom. The summed E-state index contributed by atoms with van der Waals surface area (Å²) in [5.74, 6) is -1.62. The van der Waals surface area contributed by atoms with Crippen LogP contribution in [-0.2, 0) is 14.3 Å². The van der Waals surface area contributed by atoms with Gasteiger partial charge in [0.25, 0.3) is 0 Å². The molecule has 1 rings (SSSR count). The van der Waals surface area contributed by atoms with Crippen LogP contribution in [0, 0.1) is 11.3 Å². The van der Waals surface area contributed by atoms with Gasteiger partial charge in [0.15, 0.2) is 0 Å². The van der Waals surface area contributed by atoms with Crippen molar-refractivity contribution in [3.63, 3.8) is 0 Å². The minimum Gasteiger partial charge on any atom is -0.478 e. The molecule has 5 heteroatoms. The van der Waals surface area contributed by atoms with E-state index in [9.17, 15) is 9.59 Å². The Morgan fingerprint density at radius 1 is 1.38 bits per heavy atom. The molecule has 5 nitrogen and oxygen atoms in total. The van der Waals surface area contributed by atoms with Gasteiger partial charge in [-0.1, -0.05) is 18.7 Å². The highest BCUT2D eigenvalue weighted by Crippen LogP contribution is 2.12. The molecule has 0 aliphatic rings. The van der Waals surface area contributed by atoms with E-state index in [0.717, 1.165) is 0 Å². The number of hydrogen-bond donors (Lipinski definition) is 1. The fourth-order valence-electron chi connectivity index (χ4n) is 1.47. The van der Waals surface area contributed by atoms with Crippen molar-refractivity contribution in [3.05, 3.63) is 53.1 Å². The van der Waals surface area contributed by atoms with Gasteiger partial charge in [0.05, 0.1) is 18.2 Å². The fraction of sp³-hybridized carbons (Fsp3) is 0.188. The van der Waals surface area contributed by atoms with Crippen molar-refractivity contribution >= 4 is 18.0 Å². The van der Waals surface area contributed by atoms with Gasteiger partial charge in [-0.05, 0) is 30.7 Å². The highest BCUT2D eigenvalue weighted by Gasteiger charge is 2.10. The average Bonchev–Trinajstić information content (AvgIpc) is 2.46. The van der Waals surface area contributed by atoms with Gasteiger partial charge >= 0.3 is 11.9 Å². The summed E-state index contributed by atoms with van der Waals surface area (Å²) in [7, 11) is 0. The molecule has 0 atom stereocenters. The lowest BCUT2D eigenvalue weighted by molar-refractivity contribution is -0.139. The summed E-state index contributed by atoms with van der Waals surface area (Å²) in [6.45, 7) is 4.93. The maximum atomic E-state index is 11.2. The van der Waals surface area contributed by atoms with Crippen LogP contribution in [0.3, 0.4) is 0 Å². The van der Waals surface area contributed by atoms with E-state index in [-0.39, 0.29) is 24.2 Å². The molecule has 21 heavy (non-hydrogen) atoms. The smallest absolute Gasteiger partial charge is 0.333 e. The van der Waals surface area contributed by atoms with E-state index >= 15 is 0 Å². The lowest BCUT2D eigenvalue weighted by Crippen LogP contribution is -2.09. The number of carbonyl (C=O) groups excluding carboxylic acids is 1. The fourth-order valence-corrected chi connectivity index (χ4v) is 1.47. The molecule has 0 unspecified atom stereocenters. The van der Waals surface area contributed by atoms with E-state index in [2.05, 4.69) is 6.58 Å². The molecule has 1 aromatic rings. The normalized spacial score (nSPS) is 10.6. The number of benzene rings is 1. The molecule has 0 aromatic heterocycles. The monoisotopic (exact) mass is 285 g/mol. The average molecular weight is 285 g/mol. The molecule has 0 saturated carbocycles. The first kappa shape index (κ1) is 16.2. The van der Waals surface area contributed by atoms with Crippen molar-refractivity contribution in [2.24, 2.45) is 0 Å². The lowest BCUT2D eigenvalue weighted by Gasteiger charge is -2.05. The Bertz CT molecular complexity index is 621. The second-order valence-corrected chi connectivity index (χ2v) is 4.37. The number of nitriles is 1. The van der Waals surface area contributed by atoms with Crippen molar-refractivity contribution in [2.75, 3.05) is 6.61 Å². The number of carboxylic acids is 1. The number of aliphatic carboxylic acids is 1. The van der Waals surface area contributed by atoms with Crippen LogP contribution < -0.4 is 0 Å². The van der Waals surface area contributed by atoms with Crippen LogP contribution in [0.15, 0.2) is 42.0 Å². The molecule has 0 bridgehead atoms. The van der Waals surface area contributed by atoms with Crippen LogP contribution >= 0.6 is 0 Å². The van der Waals surface area contributed by atoms with Gasteiger partial charge in [-0.25, -0.2) is 9.59 Å². The van der Waals surface area contributed by atoms with Crippen LogP contribution in [0.5, 0.6) is 0 Å². The van der Waals surface area contributed by atoms with Crippen LogP contribution in [0.25, 0.3) is 6.08 Å². The zero-order valence-corrected chi connectivity index (χ0v) is 11.6. The van der Waals surface area contributed by atoms with Gasteiger partial charge in [-0.15, -0.1) is 0 Å². The quantitative estimate of drug-likeness (QED) is 0.641. The van der Waals surface area contributed by atoms with Gasteiger partial charge in [0, 0.05) is 17.6 Å². The van der Waals surface area contributed by atoms with Crippen LogP contribution in [0.1, 0.15) is 24.5 Å². The predicted molar refractivity (Wildman–Crippen MR) is 77.2 cm³/mol. The van der Waals surface area contributed by atoms with E-state index in [1.165, 1.54) is 13.0 Å². The molecule has 0 aliphatic carbocycles. The molecule has 0 aliphatic heterocycles. The zero-order chi connectivity index (χ0) is 15.8. The Labute approximate surface area is 122 Å². The van der Waals surface area contributed by atoms with E-state index < -0.39 is 11.9 Å². The molecule has 1 N–H and O–H groups in total. The molecule has 0 spiro atoms. The summed E-state index contributed by atoms with van der Waals surface area (Å²) in [5.41, 5.74) is 1.55. The molecule has 0 heterocycles. The Kier molecular flexibility index (Phi) is 5.90.